The molecule has 0 fully saturated rings. The molecular weight excluding hydrogens is 423 g/mol. The highest BCUT2D eigenvalue weighted by Crippen LogP contribution is 2.16. The second-order valence-electron chi connectivity index (χ2n) is 5.15. The van der Waals surface area contributed by atoms with Crippen LogP contribution >= 0.6 is 24.0 Å². The first-order valence-electron chi connectivity index (χ1n) is 7.48. The first-order valence-corrected chi connectivity index (χ1v) is 7.48. The van der Waals surface area contributed by atoms with Crippen molar-refractivity contribution in [2.75, 3.05) is 39.2 Å². The molecule has 0 aliphatic carbocycles. The number of aryl methyl sites for hydroxylation is 1. The van der Waals surface area contributed by atoms with Crippen molar-refractivity contribution in [2.45, 2.75) is 13.0 Å². The van der Waals surface area contributed by atoms with Gasteiger partial charge in [0.2, 0.25) is 0 Å². The van der Waals surface area contributed by atoms with E-state index in [-0.39, 0.29) is 30.0 Å². The van der Waals surface area contributed by atoms with Crippen LogP contribution in [0.1, 0.15) is 6.92 Å². The summed E-state index contributed by atoms with van der Waals surface area (Å²) in [6.45, 7) is 4.05. The van der Waals surface area contributed by atoms with Crippen LogP contribution in [-0.2, 0) is 11.8 Å². The van der Waals surface area contributed by atoms with Gasteiger partial charge in [0.05, 0.1) is 18.2 Å². The molecule has 1 unspecified atom stereocenters. The molecule has 3 N–H and O–H groups in total. The van der Waals surface area contributed by atoms with Gasteiger partial charge in [-0.15, -0.1) is 24.0 Å². The maximum absolute atomic E-state index is 5.10. The van der Waals surface area contributed by atoms with Crippen LogP contribution in [-0.4, -0.2) is 65.6 Å². The number of nitrogens with zero attached hydrogens (tertiary/aromatic N) is 5. The third-order valence-electron chi connectivity index (χ3n) is 3.26. The highest BCUT2D eigenvalue weighted by atomic mass is 127. The number of rotatable bonds is 7. The zero-order valence-corrected chi connectivity index (χ0v) is 16.7. The molecule has 134 valence electrons. The Hall–Kier alpha value is -1.69. The SMILES string of the molecule is CN=C(NCCNc1ncnc2c1cnn2C)NC(C)COC.I. The van der Waals surface area contributed by atoms with Crippen molar-refractivity contribution in [2.24, 2.45) is 12.0 Å². The van der Waals surface area contributed by atoms with E-state index in [1.807, 2.05) is 14.0 Å². The highest BCUT2D eigenvalue weighted by Gasteiger charge is 2.07. The number of methoxy groups -OCH3 is 1. The zero-order valence-electron chi connectivity index (χ0n) is 14.4. The summed E-state index contributed by atoms with van der Waals surface area (Å²) in [6.07, 6.45) is 3.30. The quantitative estimate of drug-likeness (QED) is 0.247. The van der Waals surface area contributed by atoms with Gasteiger partial charge in [0.1, 0.15) is 12.1 Å². The van der Waals surface area contributed by atoms with Crippen LogP contribution in [0, 0.1) is 0 Å². The first-order chi connectivity index (χ1) is 11.2. The molecule has 9 nitrogen and oxygen atoms in total. The molecule has 0 saturated carbocycles. The minimum Gasteiger partial charge on any atom is -0.383 e. The molecule has 0 saturated heterocycles. The van der Waals surface area contributed by atoms with Crippen molar-refractivity contribution in [3.8, 4) is 0 Å². The monoisotopic (exact) mass is 448 g/mol. The normalized spacial score (nSPS) is 12.6. The molecule has 0 spiro atoms. The molecule has 0 aliphatic heterocycles. The molecule has 0 radical (unpaired) electrons. The topological polar surface area (TPSA) is 101 Å². The number of ether oxygens (including phenoxy) is 1. The van der Waals surface area contributed by atoms with E-state index in [4.69, 9.17) is 4.74 Å². The molecule has 0 aromatic carbocycles. The molecule has 2 aromatic rings. The van der Waals surface area contributed by atoms with Gasteiger partial charge in [-0.3, -0.25) is 9.67 Å². The number of aliphatic imine (C=N–C) groups is 1. The highest BCUT2D eigenvalue weighted by molar-refractivity contribution is 14.0. The van der Waals surface area contributed by atoms with Crippen LogP contribution in [0.3, 0.4) is 0 Å². The molecular formula is C14H25IN8O. The third-order valence-corrected chi connectivity index (χ3v) is 3.26. The maximum Gasteiger partial charge on any atom is 0.191 e. The number of guanidine groups is 1. The number of anilines is 1. The molecule has 0 bridgehead atoms. The minimum atomic E-state index is 0. The van der Waals surface area contributed by atoms with E-state index >= 15 is 0 Å². The van der Waals surface area contributed by atoms with Gasteiger partial charge in [-0.25, -0.2) is 9.97 Å². The van der Waals surface area contributed by atoms with Crippen molar-refractivity contribution in [3.63, 3.8) is 0 Å². The summed E-state index contributed by atoms with van der Waals surface area (Å²) >= 11 is 0. The Morgan fingerprint density at radius 1 is 1.38 bits per heavy atom. The molecule has 2 rings (SSSR count). The third kappa shape index (κ3) is 5.44. The summed E-state index contributed by atoms with van der Waals surface area (Å²) in [6, 6.07) is 0.191. The first kappa shape index (κ1) is 20.4. The van der Waals surface area contributed by atoms with Gasteiger partial charge in [-0.05, 0) is 6.92 Å². The molecule has 24 heavy (non-hydrogen) atoms. The fourth-order valence-corrected chi connectivity index (χ4v) is 2.18. The summed E-state index contributed by atoms with van der Waals surface area (Å²) in [5.41, 5.74) is 0.807. The van der Waals surface area contributed by atoms with E-state index in [9.17, 15) is 0 Å². The Morgan fingerprint density at radius 3 is 2.88 bits per heavy atom. The van der Waals surface area contributed by atoms with Gasteiger partial charge >= 0.3 is 0 Å². The van der Waals surface area contributed by atoms with Crippen LogP contribution < -0.4 is 16.0 Å². The second-order valence-corrected chi connectivity index (χ2v) is 5.15. The number of hydrogen-bond acceptors (Lipinski definition) is 6. The molecule has 0 amide bonds. The summed E-state index contributed by atoms with van der Waals surface area (Å²) < 4.78 is 6.82. The molecule has 0 aliphatic rings. The molecule has 1 atom stereocenters. The van der Waals surface area contributed by atoms with E-state index in [0.29, 0.717) is 19.7 Å². The number of fused-ring (bicyclic) bond motifs is 1. The number of nitrogens with one attached hydrogen (secondary N) is 3. The van der Waals surface area contributed by atoms with Crippen molar-refractivity contribution >= 4 is 46.8 Å². The lowest BCUT2D eigenvalue weighted by molar-refractivity contribution is 0.179. The van der Waals surface area contributed by atoms with E-state index in [0.717, 1.165) is 22.8 Å². The second kappa shape index (κ2) is 10.2. The summed E-state index contributed by atoms with van der Waals surface area (Å²) in [7, 11) is 5.28. The van der Waals surface area contributed by atoms with E-state index < -0.39 is 0 Å². The van der Waals surface area contributed by atoms with Gasteiger partial charge in [-0.2, -0.15) is 5.10 Å². The Kier molecular flexibility index (Phi) is 8.68. The van der Waals surface area contributed by atoms with E-state index in [2.05, 4.69) is 36.0 Å². The lowest BCUT2D eigenvalue weighted by Crippen LogP contribution is -2.45. The Morgan fingerprint density at radius 2 is 2.17 bits per heavy atom. The summed E-state index contributed by atoms with van der Waals surface area (Å²) in [4.78, 5) is 12.7. The lowest BCUT2D eigenvalue weighted by Gasteiger charge is -2.17. The minimum absolute atomic E-state index is 0. The standard InChI is InChI=1S/C14H24N8O.HI/c1-10(8-23-4)21-14(15-2)17-6-5-16-12-11-7-20-22(3)13(11)19-9-18-12;/h7,9-10H,5-6,8H2,1-4H3,(H2,15,17,21)(H,16,18,19);1H. The van der Waals surface area contributed by atoms with Gasteiger partial charge in [0.15, 0.2) is 11.6 Å². The van der Waals surface area contributed by atoms with Gasteiger partial charge in [0, 0.05) is 40.3 Å². The lowest BCUT2D eigenvalue weighted by atomic mass is 10.4. The smallest absolute Gasteiger partial charge is 0.191 e. The van der Waals surface area contributed by atoms with Gasteiger partial charge in [0.25, 0.3) is 0 Å². The van der Waals surface area contributed by atoms with E-state index in [1.165, 1.54) is 6.33 Å². The van der Waals surface area contributed by atoms with Crippen molar-refractivity contribution in [1.29, 1.82) is 0 Å². The maximum atomic E-state index is 5.10. The number of aromatic nitrogens is 4. The average molecular weight is 448 g/mol. The van der Waals surface area contributed by atoms with Gasteiger partial charge in [-0.1, -0.05) is 0 Å². The van der Waals surface area contributed by atoms with Crippen molar-refractivity contribution < 1.29 is 4.74 Å². The van der Waals surface area contributed by atoms with E-state index in [1.54, 1.807) is 25.0 Å². The number of hydrogen-bond donors (Lipinski definition) is 3. The van der Waals surface area contributed by atoms with Crippen LogP contribution in [0.25, 0.3) is 11.0 Å². The largest absolute Gasteiger partial charge is 0.383 e. The van der Waals surface area contributed by atoms with Crippen LogP contribution in [0.5, 0.6) is 0 Å². The van der Waals surface area contributed by atoms with Crippen molar-refractivity contribution in [3.05, 3.63) is 12.5 Å². The molecule has 10 heteroatoms. The predicted molar refractivity (Wildman–Crippen MR) is 106 cm³/mol. The van der Waals surface area contributed by atoms with Gasteiger partial charge < -0.3 is 20.7 Å². The Labute approximate surface area is 158 Å². The molecule has 2 aromatic heterocycles. The fourth-order valence-electron chi connectivity index (χ4n) is 2.18. The average Bonchev–Trinajstić information content (AvgIpc) is 2.93. The Balaban J connectivity index is 0.00000288. The van der Waals surface area contributed by atoms with Crippen LogP contribution in [0.2, 0.25) is 0 Å². The summed E-state index contributed by atoms with van der Waals surface area (Å²) in [5, 5.41) is 14.9. The van der Waals surface area contributed by atoms with Crippen LogP contribution in [0.4, 0.5) is 5.82 Å². The predicted octanol–water partition coefficient (Wildman–Crippen LogP) is 0.593. The number of halogens is 1. The fraction of sp³-hybridized carbons (Fsp3) is 0.571. The zero-order chi connectivity index (χ0) is 16.7. The Bertz CT molecular complexity index is 659. The van der Waals surface area contributed by atoms with Crippen molar-refractivity contribution in [1.82, 2.24) is 30.4 Å². The summed E-state index contributed by atoms with van der Waals surface area (Å²) in [5.74, 6) is 1.52. The molecule has 2 heterocycles. The van der Waals surface area contributed by atoms with Crippen LogP contribution in [0.15, 0.2) is 17.5 Å².